The van der Waals surface area contributed by atoms with E-state index in [4.69, 9.17) is 5.73 Å². The van der Waals surface area contributed by atoms with Crippen LogP contribution in [0.5, 0.6) is 0 Å². The van der Waals surface area contributed by atoms with Crippen molar-refractivity contribution in [2.75, 3.05) is 37.3 Å². The number of hydrogen-bond donors (Lipinski definition) is 1. The van der Waals surface area contributed by atoms with Gasteiger partial charge in [-0.1, -0.05) is 0 Å². The first-order valence-electron chi connectivity index (χ1n) is 4.97. The van der Waals surface area contributed by atoms with Gasteiger partial charge in [-0.05, 0) is 15.9 Å². The lowest BCUT2D eigenvalue weighted by atomic mass is 10.2. The van der Waals surface area contributed by atoms with Crippen LogP contribution in [0.3, 0.4) is 0 Å². The van der Waals surface area contributed by atoms with Crippen LogP contribution in [0.25, 0.3) is 0 Å². The first-order valence-corrected chi connectivity index (χ1v) is 5.77. The van der Waals surface area contributed by atoms with Crippen LogP contribution in [-0.2, 0) is 4.79 Å². The predicted molar refractivity (Wildman–Crippen MR) is 66.2 cm³/mol. The van der Waals surface area contributed by atoms with Crippen LogP contribution in [0.1, 0.15) is 0 Å². The predicted octanol–water partition coefficient (Wildman–Crippen LogP) is 0.705. The van der Waals surface area contributed by atoms with E-state index in [1.165, 1.54) is 0 Å². The SMILES string of the molecule is CN1CCN(c2c(N)cncc2Br)CC1=O. The van der Waals surface area contributed by atoms with Crippen molar-refractivity contribution >= 4 is 33.2 Å². The molecule has 6 heteroatoms. The molecule has 1 fully saturated rings. The highest BCUT2D eigenvalue weighted by Crippen LogP contribution is 2.31. The molecule has 0 aromatic carbocycles. The largest absolute Gasteiger partial charge is 0.396 e. The number of anilines is 2. The summed E-state index contributed by atoms with van der Waals surface area (Å²) in [5, 5.41) is 0. The number of nitrogens with two attached hydrogens (primary N) is 1. The standard InChI is InChI=1S/C10H13BrN4O/c1-14-2-3-15(6-9(14)16)10-7(11)4-13-5-8(10)12/h4-5H,2-3,6,12H2,1H3. The Bertz CT molecular complexity index is 403. The Labute approximate surface area is 102 Å². The highest BCUT2D eigenvalue weighted by Gasteiger charge is 2.23. The lowest BCUT2D eigenvalue weighted by Gasteiger charge is -2.34. The number of carbonyl (C=O) groups excluding carboxylic acids is 1. The van der Waals surface area contributed by atoms with Gasteiger partial charge in [-0.2, -0.15) is 0 Å². The summed E-state index contributed by atoms with van der Waals surface area (Å²) in [6, 6.07) is 0. The Morgan fingerprint density at radius 2 is 2.19 bits per heavy atom. The van der Waals surface area contributed by atoms with Gasteiger partial charge in [0.2, 0.25) is 5.91 Å². The summed E-state index contributed by atoms with van der Waals surface area (Å²) in [6.07, 6.45) is 3.29. The first-order chi connectivity index (χ1) is 7.59. The minimum Gasteiger partial charge on any atom is -0.396 e. The van der Waals surface area contributed by atoms with Crippen molar-refractivity contribution in [2.45, 2.75) is 0 Å². The number of nitrogen functional groups attached to an aromatic ring is 1. The van der Waals surface area contributed by atoms with Crippen LogP contribution in [-0.4, -0.2) is 42.5 Å². The van der Waals surface area contributed by atoms with E-state index in [2.05, 4.69) is 20.9 Å². The molecule has 2 N–H and O–H groups in total. The second kappa shape index (κ2) is 4.29. The van der Waals surface area contributed by atoms with Gasteiger partial charge in [0.05, 0.1) is 28.6 Å². The number of pyridine rings is 1. The summed E-state index contributed by atoms with van der Waals surface area (Å²) < 4.78 is 0.824. The lowest BCUT2D eigenvalue weighted by molar-refractivity contribution is -0.129. The molecule has 1 aromatic heterocycles. The molecule has 1 aliphatic heterocycles. The van der Waals surface area contributed by atoms with E-state index in [1.54, 1.807) is 17.3 Å². The van der Waals surface area contributed by atoms with E-state index in [1.807, 2.05) is 11.9 Å². The summed E-state index contributed by atoms with van der Waals surface area (Å²) in [4.78, 5) is 19.3. The van der Waals surface area contributed by atoms with E-state index in [0.717, 1.165) is 16.7 Å². The Morgan fingerprint density at radius 3 is 2.81 bits per heavy atom. The quantitative estimate of drug-likeness (QED) is 0.825. The number of hydrogen-bond acceptors (Lipinski definition) is 4. The molecule has 1 amide bonds. The first kappa shape index (κ1) is 11.2. The van der Waals surface area contributed by atoms with Crippen LogP contribution in [0.15, 0.2) is 16.9 Å². The molecular weight excluding hydrogens is 272 g/mol. The van der Waals surface area contributed by atoms with Gasteiger partial charge in [0.15, 0.2) is 0 Å². The fraction of sp³-hybridized carbons (Fsp3) is 0.400. The Morgan fingerprint density at radius 1 is 1.44 bits per heavy atom. The molecule has 2 rings (SSSR count). The Kier molecular flexibility index (Phi) is 3.00. The molecule has 1 saturated heterocycles. The van der Waals surface area contributed by atoms with Crippen LogP contribution in [0, 0.1) is 0 Å². The number of amides is 1. The summed E-state index contributed by atoms with van der Waals surface area (Å²) >= 11 is 3.41. The zero-order valence-electron chi connectivity index (χ0n) is 8.98. The van der Waals surface area contributed by atoms with Gasteiger partial charge in [-0.25, -0.2) is 0 Å². The van der Waals surface area contributed by atoms with Gasteiger partial charge in [-0.15, -0.1) is 0 Å². The normalized spacial score (nSPS) is 16.8. The van der Waals surface area contributed by atoms with Crippen molar-refractivity contribution in [3.63, 3.8) is 0 Å². The van der Waals surface area contributed by atoms with Crippen molar-refractivity contribution in [2.24, 2.45) is 0 Å². The zero-order valence-corrected chi connectivity index (χ0v) is 10.6. The van der Waals surface area contributed by atoms with Crippen LogP contribution in [0.2, 0.25) is 0 Å². The molecule has 0 radical (unpaired) electrons. The Balaban J connectivity index is 2.28. The molecular formula is C10H13BrN4O. The average molecular weight is 285 g/mol. The molecule has 0 saturated carbocycles. The summed E-state index contributed by atoms with van der Waals surface area (Å²) in [7, 11) is 1.81. The minimum atomic E-state index is 0.106. The number of aromatic nitrogens is 1. The van der Waals surface area contributed by atoms with Gasteiger partial charge in [0.25, 0.3) is 0 Å². The van der Waals surface area contributed by atoms with Gasteiger partial charge < -0.3 is 15.5 Å². The smallest absolute Gasteiger partial charge is 0.241 e. The summed E-state index contributed by atoms with van der Waals surface area (Å²) in [5.41, 5.74) is 7.32. The maximum Gasteiger partial charge on any atom is 0.241 e. The number of likely N-dealkylation sites (N-methyl/N-ethyl adjacent to an activating group) is 1. The maximum atomic E-state index is 11.6. The third kappa shape index (κ3) is 1.97. The molecule has 2 heterocycles. The highest BCUT2D eigenvalue weighted by molar-refractivity contribution is 9.10. The second-order valence-corrected chi connectivity index (χ2v) is 4.65. The fourth-order valence-corrected chi connectivity index (χ4v) is 2.32. The second-order valence-electron chi connectivity index (χ2n) is 3.80. The topological polar surface area (TPSA) is 62.5 Å². The van der Waals surface area contributed by atoms with Crippen molar-refractivity contribution < 1.29 is 4.79 Å². The third-order valence-corrected chi connectivity index (χ3v) is 3.25. The molecule has 16 heavy (non-hydrogen) atoms. The third-order valence-electron chi connectivity index (χ3n) is 2.67. The van der Waals surface area contributed by atoms with Crippen LogP contribution >= 0.6 is 15.9 Å². The van der Waals surface area contributed by atoms with Crippen molar-refractivity contribution in [3.8, 4) is 0 Å². The molecule has 0 bridgehead atoms. The van der Waals surface area contributed by atoms with Crippen molar-refractivity contribution in [1.29, 1.82) is 0 Å². The zero-order chi connectivity index (χ0) is 11.7. The molecule has 1 aliphatic rings. The molecule has 0 spiro atoms. The Hall–Kier alpha value is -1.30. The molecule has 0 atom stereocenters. The minimum absolute atomic E-state index is 0.106. The van der Waals surface area contributed by atoms with E-state index in [9.17, 15) is 4.79 Å². The molecule has 86 valence electrons. The number of carbonyl (C=O) groups is 1. The summed E-state index contributed by atoms with van der Waals surface area (Å²) in [6.45, 7) is 1.87. The number of halogens is 1. The van der Waals surface area contributed by atoms with E-state index >= 15 is 0 Å². The lowest BCUT2D eigenvalue weighted by Crippen LogP contribution is -2.48. The highest BCUT2D eigenvalue weighted by atomic mass is 79.9. The monoisotopic (exact) mass is 284 g/mol. The summed E-state index contributed by atoms with van der Waals surface area (Å²) in [5.74, 6) is 0.106. The van der Waals surface area contributed by atoms with Gasteiger partial charge in [0.1, 0.15) is 0 Å². The van der Waals surface area contributed by atoms with Gasteiger partial charge in [-0.3, -0.25) is 9.78 Å². The van der Waals surface area contributed by atoms with Crippen LogP contribution in [0.4, 0.5) is 11.4 Å². The number of rotatable bonds is 1. The number of nitrogens with zero attached hydrogens (tertiary/aromatic N) is 3. The number of piperazine rings is 1. The van der Waals surface area contributed by atoms with E-state index in [0.29, 0.717) is 18.8 Å². The average Bonchev–Trinajstić information content (AvgIpc) is 2.23. The van der Waals surface area contributed by atoms with Crippen molar-refractivity contribution in [1.82, 2.24) is 9.88 Å². The molecule has 0 unspecified atom stereocenters. The van der Waals surface area contributed by atoms with Crippen LogP contribution < -0.4 is 10.6 Å². The molecule has 5 nitrogen and oxygen atoms in total. The van der Waals surface area contributed by atoms with E-state index in [-0.39, 0.29) is 5.91 Å². The maximum absolute atomic E-state index is 11.6. The molecule has 1 aromatic rings. The van der Waals surface area contributed by atoms with Crippen molar-refractivity contribution in [3.05, 3.63) is 16.9 Å². The van der Waals surface area contributed by atoms with E-state index < -0.39 is 0 Å². The van der Waals surface area contributed by atoms with Gasteiger partial charge in [0, 0.05) is 26.3 Å². The van der Waals surface area contributed by atoms with Gasteiger partial charge >= 0.3 is 0 Å². The fourth-order valence-electron chi connectivity index (χ4n) is 1.73. The molecule has 0 aliphatic carbocycles.